The van der Waals surface area contributed by atoms with E-state index in [1.54, 1.807) is 0 Å². The van der Waals surface area contributed by atoms with Gasteiger partial charge in [-0.05, 0) is 24.6 Å². The first-order valence-electron chi connectivity index (χ1n) is 4.40. The molecule has 70 valence electrons. The second-order valence-corrected chi connectivity index (χ2v) is 3.33. The fourth-order valence-electron chi connectivity index (χ4n) is 1.43. The van der Waals surface area contributed by atoms with Gasteiger partial charge in [-0.3, -0.25) is 0 Å². The molecule has 0 saturated heterocycles. The van der Waals surface area contributed by atoms with E-state index in [2.05, 4.69) is 5.32 Å². The molecule has 0 bridgehead atoms. The monoisotopic (exact) mass is 179 g/mol. The van der Waals surface area contributed by atoms with Crippen LogP contribution < -0.4 is 10.1 Å². The molecule has 13 heavy (non-hydrogen) atoms. The minimum absolute atomic E-state index is 0.0225. The van der Waals surface area contributed by atoms with Gasteiger partial charge >= 0.3 is 0 Å². The summed E-state index contributed by atoms with van der Waals surface area (Å²) in [6.07, 6.45) is 0. The molecular formula is C10H13NO2. The molecule has 0 aliphatic carbocycles. The van der Waals surface area contributed by atoms with E-state index in [-0.39, 0.29) is 12.6 Å². The van der Waals surface area contributed by atoms with Gasteiger partial charge in [0.1, 0.15) is 12.4 Å². The third kappa shape index (κ3) is 1.60. The van der Waals surface area contributed by atoms with Crippen LogP contribution in [0, 0.1) is 6.92 Å². The van der Waals surface area contributed by atoms with E-state index in [0.29, 0.717) is 6.61 Å². The molecular weight excluding hydrogens is 166 g/mol. The maximum atomic E-state index is 8.94. The highest BCUT2D eigenvalue weighted by molar-refractivity contribution is 5.59. The van der Waals surface area contributed by atoms with Crippen LogP contribution in [0.2, 0.25) is 0 Å². The maximum absolute atomic E-state index is 8.94. The molecule has 1 aromatic rings. The quantitative estimate of drug-likeness (QED) is 0.679. The Bertz CT molecular complexity index is 312. The summed E-state index contributed by atoms with van der Waals surface area (Å²) in [6, 6.07) is 6.01. The number of nitrogens with one attached hydrogen (secondary N) is 1. The molecule has 3 nitrogen and oxygen atoms in total. The van der Waals surface area contributed by atoms with Gasteiger partial charge in [-0.25, -0.2) is 0 Å². The molecule has 1 aliphatic rings. The standard InChI is InChI=1S/C10H13NO2/c1-7-2-3-10-9(4-7)11-8(5-12)6-13-10/h2-4,8,11-12H,5-6H2,1H3. The van der Waals surface area contributed by atoms with Crippen molar-refractivity contribution in [2.24, 2.45) is 0 Å². The summed E-state index contributed by atoms with van der Waals surface area (Å²) >= 11 is 0. The minimum Gasteiger partial charge on any atom is -0.489 e. The number of hydrogen-bond donors (Lipinski definition) is 2. The summed E-state index contributed by atoms with van der Waals surface area (Å²) < 4.78 is 5.46. The molecule has 1 aromatic carbocycles. The van der Waals surface area contributed by atoms with Crippen LogP contribution in [-0.4, -0.2) is 24.4 Å². The van der Waals surface area contributed by atoms with Crippen molar-refractivity contribution in [1.82, 2.24) is 0 Å². The van der Waals surface area contributed by atoms with E-state index >= 15 is 0 Å². The molecule has 0 spiro atoms. The first kappa shape index (κ1) is 8.38. The van der Waals surface area contributed by atoms with Crippen LogP contribution in [0.1, 0.15) is 5.56 Å². The van der Waals surface area contributed by atoms with Crippen LogP contribution in [0.25, 0.3) is 0 Å². The van der Waals surface area contributed by atoms with E-state index < -0.39 is 0 Å². The van der Waals surface area contributed by atoms with Gasteiger partial charge in [0.2, 0.25) is 0 Å². The highest BCUT2D eigenvalue weighted by Gasteiger charge is 2.17. The molecule has 0 fully saturated rings. The van der Waals surface area contributed by atoms with Gasteiger partial charge in [0.05, 0.1) is 18.3 Å². The van der Waals surface area contributed by atoms with Crippen molar-refractivity contribution in [3.63, 3.8) is 0 Å². The Morgan fingerprint density at radius 3 is 3.23 bits per heavy atom. The number of anilines is 1. The van der Waals surface area contributed by atoms with Crippen LogP contribution >= 0.6 is 0 Å². The van der Waals surface area contributed by atoms with Crippen molar-refractivity contribution in [3.05, 3.63) is 23.8 Å². The molecule has 3 heteroatoms. The number of rotatable bonds is 1. The van der Waals surface area contributed by atoms with Crippen molar-refractivity contribution >= 4 is 5.69 Å². The lowest BCUT2D eigenvalue weighted by Gasteiger charge is -2.26. The van der Waals surface area contributed by atoms with Gasteiger partial charge < -0.3 is 15.2 Å². The zero-order valence-corrected chi connectivity index (χ0v) is 7.58. The number of benzene rings is 1. The molecule has 1 aliphatic heterocycles. The lowest BCUT2D eigenvalue weighted by atomic mass is 10.1. The largest absolute Gasteiger partial charge is 0.489 e. The van der Waals surface area contributed by atoms with Gasteiger partial charge in [-0.2, -0.15) is 0 Å². The topological polar surface area (TPSA) is 41.5 Å². The zero-order chi connectivity index (χ0) is 9.26. The van der Waals surface area contributed by atoms with Crippen molar-refractivity contribution in [3.8, 4) is 5.75 Å². The van der Waals surface area contributed by atoms with Gasteiger partial charge in [0, 0.05) is 0 Å². The average molecular weight is 179 g/mol. The Morgan fingerprint density at radius 2 is 2.46 bits per heavy atom. The molecule has 2 N–H and O–H groups in total. The molecule has 1 atom stereocenters. The lowest BCUT2D eigenvalue weighted by Crippen LogP contribution is -2.34. The summed E-state index contributed by atoms with van der Waals surface area (Å²) in [5, 5.41) is 12.2. The number of aliphatic hydroxyl groups is 1. The van der Waals surface area contributed by atoms with Crippen molar-refractivity contribution < 1.29 is 9.84 Å². The third-order valence-electron chi connectivity index (χ3n) is 2.16. The number of aliphatic hydroxyl groups excluding tert-OH is 1. The van der Waals surface area contributed by atoms with Crippen molar-refractivity contribution in [2.45, 2.75) is 13.0 Å². The van der Waals surface area contributed by atoms with Crippen LogP contribution in [0.5, 0.6) is 5.75 Å². The predicted octanol–water partition coefficient (Wildman–Crippen LogP) is 1.16. The van der Waals surface area contributed by atoms with E-state index in [9.17, 15) is 0 Å². The Labute approximate surface area is 77.3 Å². The molecule has 0 saturated carbocycles. The van der Waals surface area contributed by atoms with E-state index in [1.807, 2.05) is 25.1 Å². The van der Waals surface area contributed by atoms with Crippen molar-refractivity contribution in [2.75, 3.05) is 18.5 Å². The van der Waals surface area contributed by atoms with Crippen LogP contribution in [-0.2, 0) is 0 Å². The van der Waals surface area contributed by atoms with E-state index in [1.165, 1.54) is 5.56 Å². The summed E-state index contributed by atoms with van der Waals surface area (Å²) in [5.74, 6) is 0.871. The highest BCUT2D eigenvalue weighted by atomic mass is 16.5. The molecule has 0 radical (unpaired) electrons. The maximum Gasteiger partial charge on any atom is 0.142 e. The second kappa shape index (κ2) is 3.26. The molecule has 0 aromatic heterocycles. The molecule has 2 rings (SSSR count). The molecule has 1 unspecified atom stereocenters. The normalized spacial score (nSPS) is 20.0. The first-order valence-corrected chi connectivity index (χ1v) is 4.40. The molecule has 0 amide bonds. The Morgan fingerprint density at radius 1 is 1.62 bits per heavy atom. The Hall–Kier alpha value is -1.22. The van der Waals surface area contributed by atoms with Crippen LogP contribution in [0.3, 0.4) is 0 Å². The number of aryl methyl sites for hydroxylation is 1. The fraction of sp³-hybridized carbons (Fsp3) is 0.400. The number of fused-ring (bicyclic) bond motifs is 1. The smallest absolute Gasteiger partial charge is 0.142 e. The Balaban J connectivity index is 2.27. The first-order chi connectivity index (χ1) is 6.29. The van der Waals surface area contributed by atoms with Crippen molar-refractivity contribution in [1.29, 1.82) is 0 Å². The van der Waals surface area contributed by atoms with Gasteiger partial charge in [-0.1, -0.05) is 6.07 Å². The summed E-state index contributed by atoms with van der Waals surface area (Å²) in [6.45, 7) is 2.67. The van der Waals surface area contributed by atoms with E-state index in [4.69, 9.17) is 9.84 Å². The lowest BCUT2D eigenvalue weighted by molar-refractivity contribution is 0.207. The summed E-state index contributed by atoms with van der Waals surface area (Å²) in [4.78, 5) is 0. The SMILES string of the molecule is Cc1ccc2c(c1)NC(CO)CO2. The van der Waals surface area contributed by atoms with Gasteiger partial charge in [-0.15, -0.1) is 0 Å². The fourth-order valence-corrected chi connectivity index (χ4v) is 1.43. The van der Waals surface area contributed by atoms with Crippen LogP contribution in [0.15, 0.2) is 18.2 Å². The van der Waals surface area contributed by atoms with Crippen LogP contribution in [0.4, 0.5) is 5.69 Å². The highest BCUT2D eigenvalue weighted by Crippen LogP contribution is 2.29. The average Bonchev–Trinajstić information content (AvgIpc) is 2.16. The molecule has 1 heterocycles. The number of ether oxygens (including phenoxy) is 1. The van der Waals surface area contributed by atoms with Gasteiger partial charge in [0.15, 0.2) is 0 Å². The zero-order valence-electron chi connectivity index (χ0n) is 7.58. The Kier molecular flexibility index (Phi) is 2.10. The predicted molar refractivity (Wildman–Crippen MR) is 51.2 cm³/mol. The summed E-state index contributed by atoms with van der Waals surface area (Å²) in [5.41, 5.74) is 2.17. The second-order valence-electron chi connectivity index (χ2n) is 3.33. The minimum atomic E-state index is 0.0225. The number of hydrogen-bond acceptors (Lipinski definition) is 3. The van der Waals surface area contributed by atoms with Gasteiger partial charge in [0.25, 0.3) is 0 Å². The van der Waals surface area contributed by atoms with E-state index in [0.717, 1.165) is 11.4 Å². The third-order valence-corrected chi connectivity index (χ3v) is 2.16. The summed E-state index contributed by atoms with van der Waals surface area (Å²) in [7, 11) is 0.